The second-order valence-electron chi connectivity index (χ2n) is 6.37. The average Bonchev–Trinajstić information content (AvgIpc) is 3.09. The van der Waals surface area contributed by atoms with Crippen LogP contribution in [0.3, 0.4) is 0 Å². The molecule has 2 aromatic rings. The smallest absolute Gasteiger partial charge is 0.261 e. The van der Waals surface area contributed by atoms with E-state index in [9.17, 15) is 9.59 Å². The summed E-state index contributed by atoms with van der Waals surface area (Å²) in [5.74, 6) is -0.0748. The first-order valence-corrected chi connectivity index (χ1v) is 8.42. The van der Waals surface area contributed by atoms with Gasteiger partial charge in [-0.2, -0.15) is 0 Å². The Balaban J connectivity index is 1.64. The second-order valence-corrected chi connectivity index (χ2v) is 6.37. The van der Waals surface area contributed by atoms with E-state index in [1.54, 1.807) is 6.07 Å². The molecule has 1 aromatic heterocycles. The van der Waals surface area contributed by atoms with Crippen LogP contribution in [0.4, 0.5) is 0 Å². The van der Waals surface area contributed by atoms with Gasteiger partial charge in [-0.15, -0.1) is 0 Å². The number of fused-ring (bicyclic) bond motifs is 1. The molecule has 0 unspecified atom stereocenters. The molecule has 0 saturated carbocycles. The number of benzene rings is 1. The molecule has 6 nitrogen and oxygen atoms in total. The molecule has 1 aliphatic heterocycles. The molecule has 128 valence electrons. The van der Waals surface area contributed by atoms with E-state index >= 15 is 0 Å². The van der Waals surface area contributed by atoms with Crippen molar-refractivity contribution in [2.24, 2.45) is 0 Å². The molecule has 3 rings (SSSR count). The maximum absolute atomic E-state index is 12.5. The number of carbonyl (C=O) groups is 1. The van der Waals surface area contributed by atoms with Crippen LogP contribution in [0, 0.1) is 6.92 Å². The highest BCUT2D eigenvalue weighted by molar-refractivity contribution is 5.80. The average molecular weight is 329 g/mol. The highest BCUT2D eigenvalue weighted by Gasteiger charge is 2.23. The van der Waals surface area contributed by atoms with Gasteiger partial charge in [0.1, 0.15) is 0 Å². The minimum absolute atomic E-state index is 0.00546. The number of rotatable bonds is 5. The first kappa shape index (κ1) is 16.6. The monoisotopic (exact) mass is 329 g/mol. The number of hydrogen-bond acceptors (Lipinski definition) is 4. The van der Waals surface area contributed by atoms with Gasteiger partial charge in [0, 0.05) is 19.6 Å². The van der Waals surface area contributed by atoms with Gasteiger partial charge in [0.05, 0.1) is 29.4 Å². The number of para-hydroxylation sites is 1. The zero-order valence-electron chi connectivity index (χ0n) is 14.1. The summed E-state index contributed by atoms with van der Waals surface area (Å²) in [5.41, 5.74) is 1.58. The summed E-state index contributed by atoms with van der Waals surface area (Å²) < 4.78 is 7.08. The molecule has 1 amide bonds. The Labute approximate surface area is 140 Å². The van der Waals surface area contributed by atoms with Gasteiger partial charge in [-0.3, -0.25) is 14.2 Å². The van der Waals surface area contributed by atoms with Crippen LogP contribution in [-0.4, -0.2) is 34.2 Å². The molecule has 1 fully saturated rings. The fourth-order valence-corrected chi connectivity index (χ4v) is 3.13. The van der Waals surface area contributed by atoms with Crippen molar-refractivity contribution in [1.29, 1.82) is 0 Å². The van der Waals surface area contributed by atoms with Crippen molar-refractivity contribution in [3.8, 4) is 0 Å². The van der Waals surface area contributed by atoms with E-state index in [1.165, 1.54) is 10.9 Å². The van der Waals surface area contributed by atoms with E-state index in [0.29, 0.717) is 11.9 Å². The lowest BCUT2D eigenvalue weighted by atomic mass is 10.1. The summed E-state index contributed by atoms with van der Waals surface area (Å²) in [6.07, 6.45) is 3.89. The van der Waals surface area contributed by atoms with Crippen LogP contribution in [0.15, 0.2) is 29.3 Å². The maximum atomic E-state index is 12.5. The van der Waals surface area contributed by atoms with Gasteiger partial charge in [0.25, 0.3) is 5.56 Å². The van der Waals surface area contributed by atoms with Crippen LogP contribution in [0.5, 0.6) is 0 Å². The first-order valence-electron chi connectivity index (χ1n) is 8.42. The normalized spacial score (nSPS) is 18.7. The van der Waals surface area contributed by atoms with E-state index in [0.717, 1.165) is 30.5 Å². The highest BCUT2D eigenvalue weighted by Crippen LogP contribution is 2.15. The molecular weight excluding hydrogens is 306 g/mol. The summed E-state index contributed by atoms with van der Waals surface area (Å²) in [6, 6.07) is 5.54. The van der Waals surface area contributed by atoms with Crippen molar-refractivity contribution in [2.75, 3.05) is 6.61 Å². The topological polar surface area (TPSA) is 73.2 Å². The molecule has 0 spiro atoms. The predicted octanol–water partition coefficient (Wildman–Crippen LogP) is 1.78. The first-order chi connectivity index (χ1) is 11.6. The Hall–Kier alpha value is -2.21. The van der Waals surface area contributed by atoms with Crippen LogP contribution < -0.4 is 10.9 Å². The second kappa shape index (κ2) is 7.13. The fraction of sp³-hybridized carbons (Fsp3) is 0.500. The van der Waals surface area contributed by atoms with Crippen molar-refractivity contribution in [1.82, 2.24) is 14.9 Å². The number of amides is 1. The predicted molar refractivity (Wildman–Crippen MR) is 91.9 cm³/mol. The summed E-state index contributed by atoms with van der Waals surface area (Å²) in [7, 11) is 0. The van der Waals surface area contributed by atoms with Crippen LogP contribution >= 0.6 is 0 Å². The van der Waals surface area contributed by atoms with Gasteiger partial charge in [-0.25, -0.2) is 4.98 Å². The van der Waals surface area contributed by atoms with Crippen molar-refractivity contribution >= 4 is 16.8 Å². The molecule has 0 bridgehead atoms. The molecule has 0 aliphatic carbocycles. The van der Waals surface area contributed by atoms with Gasteiger partial charge in [-0.05, 0) is 38.3 Å². The summed E-state index contributed by atoms with van der Waals surface area (Å²) >= 11 is 0. The van der Waals surface area contributed by atoms with Gasteiger partial charge in [0.15, 0.2) is 0 Å². The van der Waals surface area contributed by atoms with Crippen molar-refractivity contribution in [3.63, 3.8) is 0 Å². The highest BCUT2D eigenvalue weighted by atomic mass is 16.5. The largest absolute Gasteiger partial charge is 0.376 e. The van der Waals surface area contributed by atoms with Crippen LogP contribution in [0.2, 0.25) is 0 Å². The Morgan fingerprint density at radius 3 is 3.08 bits per heavy atom. The van der Waals surface area contributed by atoms with Crippen molar-refractivity contribution < 1.29 is 9.53 Å². The molecule has 1 aliphatic rings. The van der Waals surface area contributed by atoms with E-state index < -0.39 is 0 Å². The van der Waals surface area contributed by atoms with E-state index in [2.05, 4.69) is 10.3 Å². The summed E-state index contributed by atoms with van der Waals surface area (Å²) in [4.78, 5) is 29.0. The number of aryl methyl sites for hydroxylation is 2. The Kier molecular flexibility index (Phi) is 4.94. The number of carbonyl (C=O) groups excluding carboxylic acids is 1. The molecule has 6 heteroatoms. The molecule has 1 aromatic carbocycles. The molecular formula is C18H23N3O3. The third-order valence-electron chi connectivity index (χ3n) is 4.55. The lowest BCUT2D eigenvalue weighted by Gasteiger charge is -2.20. The van der Waals surface area contributed by atoms with Crippen LogP contribution in [-0.2, 0) is 16.1 Å². The standard InChI is InChI=1S/C18H23N3O3/c1-12-5-3-6-14-17(12)19-11-21(18(14)23)9-8-16(22)20-13(2)15-7-4-10-24-15/h3,5-6,11,13,15H,4,7-10H2,1-2H3,(H,20,22)/t13-,15+/m1/s1. The Morgan fingerprint density at radius 1 is 1.50 bits per heavy atom. The molecule has 1 saturated heterocycles. The Bertz CT molecular complexity index is 794. The van der Waals surface area contributed by atoms with Gasteiger partial charge < -0.3 is 10.1 Å². The fourth-order valence-electron chi connectivity index (χ4n) is 3.13. The molecule has 1 N–H and O–H groups in total. The zero-order chi connectivity index (χ0) is 17.1. The lowest BCUT2D eigenvalue weighted by Crippen LogP contribution is -2.41. The number of hydrogen-bond donors (Lipinski definition) is 1. The van der Waals surface area contributed by atoms with Gasteiger partial charge in [-0.1, -0.05) is 12.1 Å². The number of nitrogens with zero attached hydrogens (tertiary/aromatic N) is 2. The van der Waals surface area contributed by atoms with Gasteiger partial charge in [0.2, 0.25) is 5.91 Å². The van der Waals surface area contributed by atoms with E-state index in [4.69, 9.17) is 4.74 Å². The van der Waals surface area contributed by atoms with Crippen molar-refractivity contribution in [2.45, 2.75) is 51.8 Å². The third kappa shape index (κ3) is 3.48. The minimum atomic E-state index is -0.108. The summed E-state index contributed by atoms with van der Waals surface area (Å²) in [5, 5.41) is 3.55. The van der Waals surface area contributed by atoms with Crippen molar-refractivity contribution in [3.05, 3.63) is 40.4 Å². The van der Waals surface area contributed by atoms with Crippen LogP contribution in [0.1, 0.15) is 31.7 Å². The molecule has 0 radical (unpaired) electrons. The molecule has 24 heavy (non-hydrogen) atoms. The molecule has 2 atom stereocenters. The summed E-state index contributed by atoms with van der Waals surface area (Å²) in [6.45, 7) is 4.97. The van der Waals surface area contributed by atoms with E-state index in [-0.39, 0.29) is 30.0 Å². The quantitative estimate of drug-likeness (QED) is 0.907. The van der Waals surface area contributed by atoms with Crippen LogP contribution in [0.25, 0.3) is 10.9 Å². The zero-order valence-corrected chi connectivity index (χ0v) is 14.1. The third-order valence-corrected chi connectivity index (χ3v) is 4.55. The maximum Gasteiger partial charge on any atom is 0.261 e. The molecule has 2 heterocycles. The number of aromatic nitrogens is 2. The minimum Gasteiger partial charge on any atom is -0.376 e. The SMILES string of the molecule is Cc1cccc2c(=O)n(CCC(=O)N[C@H](C)[C@@H]3CCCO3)cnc12. The van der Waals surface area contributed by atoms with Gasteiger partial charge >= 0.3 is 0 Å². The lowest BCUT2D eigenvalue weighted by molar-refractivity contribution is -0.122. The number of nitrogens with one attached hydrogen (secondary N) is 1. The number of ether oxygens (including phenoxy) is 1. The van der Waals surface area contributed by atoms with E-state index in [1.807, 2.05) is 26.0 Å². The Morgan fingerprint density at radius 2 is 2.33 bits per heavy atom.